The molecule has 0 amide bonds. The first-order valence-electron chi connectivity index (χ1n) is 7.53. The second kappa shape index (κ2) is 6.86. The number of benzene rings is 2. The van der Waals surface area contributed by atoms with Crippen LogP contribution in [-0.2, 0) is 6.42 Å². The van der Waals surface area contributed by atoms with Crippen LogP contribution in [0.1, 0.15) is 40.8 Å². The first-order valence-corrected chi connectivity index (χ1v) is 7.53. The highest BCUT2D eigenvalue weighted by Gasteiger charge is 2.11. The van der Waals surface area contributed by atoms with Gasteiger partial charge >= 0.3 is 0 Å². The predicted molar refractivity (Wildman–Crippen MR) is 87.2 cm³/mol. The topological polar surface area (TPSA) is 12.0 Å². The van der Waals surface area contributed by atoms with E-state index in [0.717, 1.165) is 12.1 Å². The fourth-order valence-corrected chi connectivity index (χ4v) is 3.10. The van der Waals surface area contributed by atoms with Gasteiger partial charge in [-0.05, 0) is 69.0 Å². The van der Waals surface area contributed by atoms with Crippen LogP contribution in [0, 0.1) is 26.6 Å². The Labute approximate surface area is 127 Å². The summed E-state index contributed by atoms with van der Waals surface area (Å²) in [6, 6.07) is 11.7. The number of halogens is 1. The molecule has 1 unspecified atom stereocenters. The van der Waals surface area contributed by atoms with Crippen LogP contribution in [0.5, 0.6) is 0 Å². The molecule has 0 spiro atoms. The summed E-state index contributed by atoms with van der Waals surface area (Å²) in [5.74, 6) is -0.116. The molecule has 0 aromatic heterocycles. The van der Waals surface area contributed by atoms with Crippen LogP contribution in [0.3, 0.4) is 0 Å². The van der Waals surface area contributed by atoms with Crippen LogP contribution in [0.4, 0.5) is 4.39 Å². The van der Waals surface area contributed by atoms with E-state index in [-0.39, 0.29) is 11.9 Å². The van der Waals surface area contributed by atoms with Gasteiger partial charge < -0.3 is 5.32 Å². The van der Waals surface area contributed by atoms with E-state index in [1.165, 1.54) is 28.3 Å². The Morgan fingerprint density at radius 2 is 1.67 bits per heavy atom. The van der Waals surface area contributed by atoms with Crippen LogP contribution in [0.15, 0.2) is 36.4 Å². The molecule has 2 aromatic rings. The van der Waals surface area contributed by atoms with Gasteiger partial charge in [0.05, 0.1) is 0 Å². The quantitative estimate of drug-likeness (QED) is 0.843. The summed E-state index contributed by atoms with van der Waals surface area (Å²) in [5, 5.41) is 3.51. The van der Waals surface area contributed by atoms with Gasteiger partial charge in [-0.15, -0.1) is 0 Å². The summed E-state index contributed by atoms with van der Waals surface area (Å²) in [6.45, 7) is 9.38. The average Bonchev–Trinajstić information content (AvgIpc) is 2.39. The molecule has 112 valence electrons. The molecule has 0 aliphatic heterocycles. The van der Waals surface area contributed by atoms with E-state index in [1.807, 2.05) is 12.1 Å². The molecule has 0 bridgehead atoms. The molecule has 0 heterocycles. The number of hydrogen-bond donors (Lipinski definition) is 1. The maximum Gasteiger partial charge on any atom is 0.126 e. The molecule has 0 fully saturated rings. The van der Waals surface area contributed by atoms with Crippen LogP contribution in [0.2, 0.25) is 0 Å². The lowest BCUT2D eigenvalue weighted by molar-refractivity contribution is 0.556. The average molecular weight is 285 g/mol. The minimum atomic E-state index is -0.116. The summed E-state index contributed by atoms with van der Waals surface area (Å²) in [5.41, 5.74) is 6.06. The summed E-state index contributed by atoms with van der Waals surface area (Å²) in [4.78, 5) is 0. The highest BCUT2D eigenvalue weighted by Crippen LogP contribution is 2.23. The van der Waals surface area contributed by atoms with E-state index < -0.39 is 0 Å². The SMILES string of the molecule is Cc1cc(C)c(C(C)NCCc2ccccc2F)c(C)c1. The third-order valence-electron chi connectivity index (χ3n) is 3.97. The van der Waals surface area contributed by atoms with Crippen LogP contribution >= 0.6 is 0 Å². The zero-order valence-corrected chi connectivity index (χ0v) is 13.3. The first kappa shape index (κ1) is 15.7. The van der Waals surface area contributed by atoms with Gasteiger partial charge in [0.25, 0.3) is 0 Å². The van der Waals surface area contributed by atoms with Gasteiger partial charge in [0, 0.05) is 6.04 Å². The molecule has 0 radical (unpaired) electrons. The van der Waals surface area contributed by atoms with Crippen molar-refractivity contribution >= 4 is 0 Å². The molecule has 1 nitrogen and oxygen atoms in total. The fourth-order valence-electron chi connectivity index (χ4n) is 3.10. The van der Waals surface area contributed by atoms with Gasteiger partial charge in [0.2, 0.25) is 0 Å². The molecular weight excluding hydrogens is 261 g/mol. The summed E-state index contributed by atoms with van der Waals surface area (Å²) < 4.78 is 13.6. The highest BCUT2D eigenvalue weighted by molar-refractivity contribution is 5.39. The molecule has 0 aliphatic carbocycles. The van der Waals surface area contributed by atoms with Crippen molar-refractivity contribution in [2.45, 2.75) is 40.2 Å². The van der Waals surface area contributed by atoms with Gasteiger partial charge in [-0.1, -0.05) is 35.9 Å². The van der Waals surface area contributed by atoms with Crippen molar-refractivity contribution in [2.75, 3.05) is 6.54 Å². The van der Waals surface area contributed by atoms with E-state index in [1.54, 1.807) is 6.07 Å². The monoisotopic (exact) mass is 285 g/mol. The van der Waals surface area contributed by atoms with Gasteiger partial charge in [0.1, 0.15) is 5.82 Å². The molecule has 0 aliphatic rings. The van der Waals surface area contributed by atoms with E-state index in [0.29, 0.717) is 6.42 Å². The molecule has 0 saturated heterocycles. The Morgan fingerprint density at radius 3 is 2.29 bits per heavy atom. The summed E-state index contributed by atoms with van der Waals surface area (Å²) >= 11 is 0. The lowest BCUT2D eigenvalue weighted by atomic mass is 9.95. The van der Waals surface area contributed by atoms with E-state index >= 15 is 0 Å². The molecule has 2 aromatic carbocycles. The zero-order chi connectivity index (χ0) is 15.4. The molecule has 1 N–H and O–H groups in total. The second-order valence-corrected chi connectivity index (χ2v) is 5.83. The van der Waals surface area contributed by atoms with Crippen LogP contribution < -0.4 is 5.32 Å². The molecule has 2 rings (SSSR count). The lowest BCUT2D eigenvalue weighted by Gasteiger charge is -2.20. The van der Waals surface area contributed by atoms with Crippen molar-refractivity contribution in [1.82, 2.24) is 5.32 Å². The van der Waals surface area contributed by atoms with Crippen molar-refractivity contribution < 1.29 is 4.39 Å². The molecule has 2 heteroatoms. The maximum atomic E-state index is 13.6. The third-order valence-corrected chi connectivity index (χ3v) is 3.97. The van der Waals surface area contributed by atoms with Gasteiger partial charge in [-0.3, -0.25) is 0 Å². The summed E-state index contributed by atoms with van der Waals surface area (Å²) in [6.07, 6.45) is 0.709. The van der Waals surface area contributed by atoms with Crippen molar-refractivity contribution in [3.05, 3.63) is 70.0 Å². The zero-order valence-electron chi connectivity index (χ0n) is 13.3. The third kappa shape index (κ3) is 3.92. The smallest absolute Gasteiger partial charge is 0.126 e. The highest BCUT2D eigenvalue weighted by atomic mass is 19.1. The number of aryl methyl sites for hydroxylation is 3. The number of nitrogens with one attached hydrogen (secondary N) is 1. The normalized spacial score (nSPS) is 12.4. The molecule has 0 saturated carbocycles. The van der Waals surface area contributed by atoms with E-state index in [2.05, 4.69) is 45.1 Å². The van der Waals surface area contributed by atoms with Crippen LogP contribution in [-0.4, -0.2) is 6.54 Å². The Morgan fingerprint density at radius 1 is 1.05 bits per heavy atom. The van der Waals surface area contributed by atoms with Gasteiger partial charge in [-0.25, -0.2) is 4.39 Å². The minimum absolute atomic E-state index is 0.116. The Bertz CT molecular complexity index is 596. The molecule has 1 atom stereocenters. The van der Waals surface area contributed by atoms with Gasteiger partial charge in [-0.2, -0.15) is 0 Å². The minimum Gasteiger partial charge on any atom is -0.310 e. The predicted octanol–water partition coefficient (Wildman–Crippen LogP) is 4.64. The number of rotatable bonds is 5. The summed E-state index contributed by atoms with van der Waals surface area (Å²) in [7, 11) is 0. The van der Waals surface area contributed by atoms with Crippen molar-refractivity contribution in [2.24, 2.45) is 0 Å². The van der Waals surface area contributed by atoms with Crippen LogP contribution in [0.25, 0.3) is 0 Å². The first-order chi connectivity index (χ1) is 9.99. The lowest BCUT2D eigenvalue weighted by Crippen LogP contribution is -2.23. The largest absolute Gasteiger partial charge is 0.310 e. The van der Waals surface area contributed by atoms with E-state index in [9.17, 15) is 4.39 Å². The standard InChI is InChI=1S/C19H24FN/c1-13-11-14(2)19(15(3)12-13)16(4)21-10-9-17-7-5-6-8-18(17)20/h5-8,11-12,16,21H,9-10H2,1-4H3. The fraction of sp³-hybridized carbons (Fsp3) is 0.368. The Balaban J connectivity index is 2.00. The second-order valence-electron chi connectivity index (χ2n) is 5.83. The Hall–Kier alpha value is -1.67. The van der Waals surface area contributed by atoms with E-state index in [4.69, 9.17) is 0 Å². The maximum absolute atomic E-state index is 13.6. The van der Waals surface area contributed by atoms with Gasteiger partial charge in [0.15, 0.2) is 0 Å². The molecular formula is C19H24FN. The van der Waals surface area contributed by atoms with Crippen molar-refractivity contribution in [1.29, 1.82) is 0 Å². The number of hydrogen-bond acceptors (Lipinski definition) is 1. The van der Waals surface area contributed by atoms with Crippen molar-refractivity contribution in [3.8, 4) is 0 Å². The van der Waals surface area contributed by atoms with Crippen molar-refractivity contribution in [3.63, 3.8) is 0 Å². The molecule has 21 heavy (non-hydrogen) atoms. The Kier molecular flexibility index (Phi) is 5.13.